The van der Waals surface area contributed by atoms with Gasteiger partial charge in [-0.05, 0) is 46.7 Å². The van der Waals surface area contributed by atoms with Gasteiger partial charge in [0.2, 0.25) is 5.91 Å². The maximum absolute atomic E-state index is 11.8. The number of nitrogens with zero attached hydrogens (tertiary/aromatic N) is 1. The SMILES string of the molecule is CCCCN(CCCC)CC(C)(NC(C)C)C(N)=O. The fraction of sp³-hybridized carbons (Fsp3) is 0.933. The fourth-order valence-electron chi connectivity index (χ4n) is 2.31. The molecule has 114 valence electrons. The molecule has 0 aliphatic rings. The fourth-order valence-corrected chi connectivity index (χ4v) is 2.31. The van der Waals surface area contributed by atoms with Crippen LogP contribution in [0.3, 0.4) is 0 Å². The normalized spacial score (nSPS) is 14.9. The molecule has 1 atom stereocenters. The third-order valence-electron chi connectivity index (χ3n) is 3.35. The van der Waals surface area contributed by atoms with Gasteiger partial charge in [-0.15, -0.1) is 0 Å². The van der Waals surface area contributed by atoms with Crippen molar-refractivity contribution >= 4 is 5.91 Å². The molecule has 0 aromatic rings. The van der Waals surface area contributed by atoms with Gasteiger partial charge in [0.1, 0.15) is 5.54 Å². The Morgan fingerprint density at radius 3 is 2.00 bits per heavy atom. The van der Waals surface area contributed by atoms with E-state index in [0.29, 0.717) is 6.54 Å². The Kier molecular flexibility index (Phi) is 9.02. The molecule has 4 nitrogen and oxygen atoms in total. The quantitative estimate of drug-likeness (QED) is 0.605. The molecule has 0 radical (unpaired) electrons. The van der Waals surface area contributed by atoms with Crippen LogP contribution in [0, 0.1) is 0 Å². The summed E-state index contributed by atoms with van der Waals surface area (Å²) in [5, 5.41) is 3.32. The molecule has 0 saturated heterocycles. The Hall–Kier alpha value is -0.610. The van der Waals surface area contributed by atoms with Gasteiger partial charge in [0.15, 0.2) is 0 Å². The molecule has 0 spiro atoms. The Morgan fingerprint density at radius 1 is 1.21 bits per heavy atom. The molecule has 3 N–H and O–H groups in total. The smallest absolute Gasteiger partial charge is 0.238 e. The van der Waals surface area contributed by atoms with E-state index >= 15 is 0 Å². The lowest BCUT2D eigenvalue weighted by atomic mass is 9.99. The molecule has 0 fully saturated rings. The van der Waals surface area contributed by atoms with E-state index in [-0.39, 0.29) is 11.9 Å². The van der Waals surface area contributed by atoms with E-state index in [2.05, 4.69) is 24.1 Å². The zero-order chi connectivity index (χ0) is 14.9. The first-order valence-electron chi connectivity index (χ1n) is 7.65. The topological polar surface area (TPSA) is 58.4 Å². The minimum atomic E-state index is -0.643. The third kappa shape index (κ3) is 7.53. The first kappa shape index (κ1) is 18.4. The lowest BCUT2D eigenvalue weighted by Gasteiger charge is -2.35. The van der Waals surface area contributed by atoms with E-state index in [9.17, 15) is 4.79 Å². The van der Waals surface area contributed by atoms with Crippen LogP contribution < -0.4 is 11.1 Å². The van der Waals surface area contributed by atoms with E-state index in [1.54, 1.807) is 0 Å². The average Bonchev–Trinajstić information content (AvgIpc) is 2.31. The molecule has 0 bridgehead atoms. The first-order chi connectivity index (χ1) is 8.85. The lowest BCUT2D eigenvalue weighted by molar-refractivity contribution is -0.124. The highest BCUT2D eigenvalue weighted by molar-refractivity contribution is 5.84. The van der Waals surface area contributed by atoms with Crippen molar-refractivity contribution in [3.8, 4) is 0 Å². The standard InChI is InChI=1S/C15H33N3O/c1-6-8-10-18(11-9-7-2)12-15(5,14(16)19)17-13(3)4/h13,17H,6-12H2,1-5H3,(H2,16,19). The van der Waals surface area contributed by atoms with Crippen LogP contribution in [0.4, 0.5) is 0 Å². The van der Waals surface area contributed by atoms with E-state index in [1.807, 2.05) is 20.8 Å². The Labute approximate surface area is 119 Å². The summed E-state index contributed by atoms with van der Waals surface area (Å²) in [7, 11) is 0. The van der Waals surface area contributed by atoms with Crippen molar-refractivity contribution in [3.05, 3.63) is 0 Å². The van der Waals surface area contributed by atoms with Crippen molar-refractivity contribution in [3.63, 3.8) is 0 Å². The van der Waals surface area contributed by atoms with Gasteiger partial charge in [0.05, 0.1) is 0 Å². The molecular weight excluding hydrogens is 238 g/mol. The number of carbonyl (C=O) groups is 1. The second-order valence-corrected chi connectivity index (χ2v) is 5.98. The molecular formula is C15H33N3O. The van der Waals surface area contributed by atoms with Crippen molar-refractivity contribution in [1.29, 1.82) is 0 Å². The van der Waals surface area contributed by atoms with E-state index in [4.69, 9.17) is 5.73 Å². The summed E-state index contributed by atoms with van der Waals surface area (Å²) < 4.78 is 0. The number of primary amides is 1. The third-order valence-corrected chi connectivity index (χ3v) is 3.35. The predicted octanol–water partition coefficient (Wildman–Crippen LogP) is 2.13. The van der Waals surface area contributed by atoms with Crippen LogP contribution in [-0.4, -0.2) is 42.0 Å². The lowest BCUT2D eigenvalue weighted by Crippen LogP contribution is -2.61. The highest BCUT2D eigenvalue weighted by Gasteiger charge is 2.33. The first-order valence-corrected chi connectivity index (χ1v) is 7.65. The highest BCUT2D eigenvalue weighted by Crippen LogP contribution is 2.10. The van der Waals surface area contributed by atoms with Crippen LogP contribution >= 0.6 is 0 Å². The predicted molar refractivity (Wildman–Crippen MR) is 82.1 cm³/mol. The molecule has 0 heterocycles. The summed E-state index contributed by atoms with van der Waals surface area (Å²) in [4.78, 5) is 14.1. The molecule has 0 rings (SSSR count). The van der Waals surface area contributed by atoms with Crippen LogP contribution in [0.2, 0.25) is 0 Å². The van der Waals surface area contributed by atoms with Gasteiger partial charge in [-0.25, -0.2) is 0 Å². The summed E-state index contributed by atoms with van der Waals surface area (Å²) in [6.45, 7) is 13.2. The van der Waals surface area contributed by atoms with Crippen LogP contribution in [0.5, 0.6) is 0 Å². The summed E-state index contributed by atoms with van der Waals surface area (Å²) in [5.41, 5.74) is 4.95. The number of carbonyl (C=O) groups excluding carboxylic acids is 1. The maximum atomic E-state index is 11.8. The summed E-state index contributed by atoms with van der Waals surface area (Å²) in [6.07, 6.45) is 4.68. The van der Waals surface area contributed by atoms with Gasteiger partial charge >= 0.3 is 0 Å². The molecule has 19 heavy (non-hydrogen) atoms. The van der Waals surface area contributed by atoms with Crippen LogP contribution in [-0.2, 0) is 4.79 Å². The molecule has 1 amide bonds. The number of hydrogen-bond donors (Lipinski definition) is 2. The maximum Gasteiger partial charge on any atom is 0.238 e. The number of unbranched alkanes of at least 4 members (excludes halogenated alkanes) is 2. The van der Waals surface area contributed by atoms with Gasteiger partial charge in [-0.2, -0.15) is 0 Å². The molecule has 0 aromatic heterocycles. The zero-order valence-electron chi connectivity index (χ0n) is 13.5. The summed E-state index contributed by atoms with van der Waals surface area (Å²) in [6, 6.07) is 0.247. The highest BCUT2D eigenvalue weighted by atomic mass is 16.1. The van der Waals surface area contributed by atoms with E-state index in [1.165, 1.54) is 25.7 Å². The van der Waals surface area contributed by atoms with E-state index in [0.717, 1.165) is 13.1 Å². The number of nitrogens with one attached hydrogen (secondary N) is 1. The molecule has 0 aliphatic carbocycles. The Bertz CT molecular complexity index is 248. The monoisotopic (exact) mass is 271 g/mol. The number of amides is 1. The largest absolute Gasteiger partial charge is 0.368 e. The van der Waals surface area contributed by atoms with Crippen molar-refractivity contribution in [2.45, 2.75) is 71.9 Å². The van der Waals surface area contributed by atoms with Gasteiger partial charge in [0, 0.05) is 12.6 Å². The van der Waals surface area contributed by atoms with Crippen molar-refractivity contribution in [2.75, 3.05) is 19.6 Å². The minimum Gasteiger partial charge on any atom is -0.368 e. The van der Waals surface area contributed by atoms with Gasteiger partial charge in [-0.3, -0.25) is 4.79 Å². The molecule has 4 heteroatoms. The second kappa shape index (κ2) is 9.32. The zero-order valence-corrected chi connectivity index (χ0v) is 13.5. The molecule has 0 saturated carbocycles. The minimum absolute atomic E-state index is 0.247. The Morgan fingerprint density at radius 2 is 1.68 bits per heavy atom. The average molecular weight is 271 g/mol. The summed E-state index contributed by atoms with van der Waals surface area (Å²) >= 11 is 0. The van der Waals surface area contributed by atoms with Crippen molar-refractivity contribution in [1.82, 2.24) is 10.2 Å². The van der Waals surface area contributed by atoms with Gasteiger partial charge in [0.25, 0.3) is 0 Å². The van der Waals surface area contributed by atoms with Crippen LogP contribution in [0.25, 0.3) is 0 Å². The molecule has 0 aromatic carbocycles. The van der Waals surface area contributed by atoms with Crippen LogP contribution in [0.15, 0.2) is 0 Å². The van der Waals surface area contributed by atoms with Crippen molar-refractivity contribution < 1.29 is 4.79 Å². The number of hydrogen-bond acceptors (Lipinski definition) is 3. The molecule has 1 unspecified atom stereocenters. The van der Waals surface area contributed by atoms with Crippen molar-refractivity contribution in [2.24, 2.45) is 5.73 Å². The van der Waals surface area contributed by atoms with Gasteiger partial charge in [-0.1, -0.05) is 26.7 Å². The second-order valence-electron chi connectivity index (χ2n) is 5.98. The number of nitrogens with two attached hydrogens (primary N) is 1. The van der Waals surface area contributed by atoms with Gasteiger partial charge < -0.3 is 16.0 Å². The Balaban J connectivity index is 4.66. The molecule has 0 aliphatic heterocycles. The summed E-state index contributed by atoms with van der Waals surface area (Å²) in [5.74, 6) is -0.265. The number of rotatable bonds is 11. The van der Waals surface area contributed by atoms with E-state index < -0.39 is 5.54 Å². The van der Waals surface area contributed by atoms with Crippen LogP contribution in [0.1, 0.15) is 60.3 Å².